The van der Waals surface area contributed by atoms with E-state index < -0.39 is 0 Å². The number of fused-ring (bicyclic) bond motifs is 6. The smallest absolute Gasteiger partial charge is 0.136 e. The van der Waals surface area contributed by atoms with Crippen molar-refractivity contribution >= 4 is 76.2 Å². The third kappa shape index (κ3) is 3.59. The lowest BCUT2D eigenvalue weighted by molar-refractivity contribution is 0.591. The van der Waals surface area contributed by atoms with Crippen molar-refractivity contribution in [3.05, 3.63) is 133 Å². The molecule has 46 heavy (non-hydrogen) atoms. The molecule has 8 aromatic carbocycles. The van der Waals surface area contributed by atoms with Crippen LogP contribution < -0.4 is 0 Å². The van der Waals surface area contributed by atoms with Crippen LogP contribution in [0.3, 0.4) is 0 Å². The van der Waals surface area contributed by atoms with Gasteiger partial charge in [0, 0.05) is 21.5 Å². The molecule has 10 rings (SSSR count). The van der Waals surface area contributed by atoms with Gasteiger partial charge in [-0.25, -0.2) is 0 Å². The monoisotopic (exact) mass is 590 g/mol. The van der Waals surface area contributed by atoms with Gasteiger partial charge in [-0.1, -0.05) is 106 Å². The molecule has 2 heteroatoms. The van der Waals surface area contributed by atoms with Crippen LogP contribution in [0.5, 0.6) is 0 Å². The van der Waals surface area contributed by atoms with E-state index in [4.69, 9.17) is 8.83 Å². The minimum atomic E-state index is 0.0603. The molecule has 2 heterocycles. The van der Waals surface area contributed by atoms with Crippen LogP contribution in [0.2, 0.25) is 0 Å². The molecule has 0 amide bonds. The number of benzene rings is 8. The van der Waals surface area contributed by atoms with Gasteiger partial charge in [-0.2, -0.15) is 0 Å². The SMILES string of the molecule is CC(C)(C)c1cc2ccc3c(-c4ccc5c(c4)oc4ccccc45)cc(-c4ccc5c(c4)oc4ccccc45)c4ccc(c1)c2c34. The maximum Gasteiger partial charge on any atom is 0.136 e. The Morgan fingerprint density at radius 1 is 0.391 bits per heavy atom. The first kappa shape index (κ1) is 25.7. The van der Waals surface area contributed by atoms with Crippen LogP contribution in [-0.4, -0.2) is 0 Å². The van der Waals surface area contributed by atoms with Gasteiger partial charge in [-0.05, 0) is 108 Å². The maximum atomic E-state index is 6.36. The minimum Gasteiger partial charge on any atom is -0.456 e. The standard InChI is InChI=1S/C44H30O2/c1-44(2,3)29-20-27-14-18-34-36(25-12-16-32-30-8-4-6-10-38(30)45-40(32)22-25)24-37(35-19-15-28(21-29)42(27)43(34)35)26-13-17-33-31-9-5-7-11-39(31)46-41(33)23-26/h4-24H,1-3H3. The fourth-order valence-corrected chi connectivity index (χ4v) is 7.61. The third-order valence-corrected chi connectivity index (χ3v) is 9.96. The quantitative estimate of drug-likeness (QED) is 0.187. The van der Waals surface area contributed by atoms with Crippen LogP contribution in [0.25, 0.3) is 98.4 Å². The Labute approximate surface area is 265 Å². The van der Waals surface area contributed by atoms with Crippen molar-refractivity contribution in [3.8, 4) is 22.3 Å². The lowest BCUT2D eigenvalue weighted by Crippen LogP contribution is -2.10. The average molecular weight is 591 g/mol. The molecular weight excluding hydrogens is 560 g/mol. The van der Waals surface area contributed by atoms with Crippen molar-refractivity contribution in [3.63, 3.8) is 0 Å². The first-order chi connectivity index (χ1) is 22.4. The van der Waals surface area contributed by atoms with E-state index in [0.717, 1.165) is 55.0 Å². The van der Waals surface area contributed by atoms with Crippen molar-refractivity contribution < 1.29 is 8.83 Å². The second kappa shape index (κ2) is 8.99. The van der Waals surface area contributed by atoms with E-state index in [1.54, 1.807) is 0 Å². The maximum absolute atomic E-state index is 6.36. The molecule has 0 unspecified atom stereocenters. The summed E-state index contributed by atoms with van der Waals surface area (Å²) < 4.78 is 12.7. The molecule has 0 aliphatic heterocycles. The summed E-state index contributed by atoms with van der Waals surface area (Å²) in [6.07, 6.45) is 0. The van der Waals surface area contributed by atoms with Crippen LogP contribution in [0.1, 0.15) is 26.3 Å². The number of rotatable bonds is 2. The number of para-hydroxylation sites is 2. The average Bonchev–Trinajstić information content (AvgIpc) is 3.63. The third-order valence-electron chi connectivity index (χ3n) is 9.96. The summed E-state index contributed by atoms with van der Waals surface area (Å²) in [6.45, 7) is 6.87. The van der Waals surface area contributed by atoms with Crippen LogP contribution in [0.4, 0.5) is 0 Å². The molecule has 0 radical (unpaired) electrons. The zero-order valence-electron chi connectivity index (χ0n) is 25.9. The fourth-order valence-electron chi connectivity index (χ4n) is 7.61. The predicted octanol–water partition coefficient (Wildman–Crippen LogP) is 13.0. The van der Waals surface area contributed by atoms with E-state index in [1.807, 2.05) is 24.3 Å². The Morgan fingerprint density at radius 3 is 1.35 bits per heavy atom. The molecular formula is C44H30O2. The Bertz CT molecular complexity index is 2650. The summed E-state index contributed by atoms with van der Waals surface area (Å²) in [6, 6.07) is 46.3. The van der Waals surface area contributed by atoms with Gasteiger partial charge in [-0.3, -0.25) is 0 Å². The van der Waals surface area contributed by atoms with Crippen LogP contribution >= 0.6 is 0 Å². The molecule has 0 N–H and O–H groups in total. The molecule has 2 nitrogen and oxygen atoms in total. The predicted molar refractivity (Wildman–Crippen MR) is 194 cm³/mol. The molecule has 0 atom stereocenters. The van der Waals surface area contributed by atoms with E-state index in [0.29, 0.717) is 0 Å². The molecule has 218 valence electrons. The van der Waals surface area contributed by atoms with Gasteiger partial charge >= 0.3 is 0 Å². The van der Waals surface area contributed by atoms with Gasteiger partial charge in [0.15, 0.2) is 0 Å². The van der Waals surface area contributed by atoms with Crippen LogP contribution in [-0.2, 0) is 5.41 Å². The highest BCUT2D eigenvalue weighted by Crippen LogP contribution is 2.46. The van der Waals surface area contributed by atoms with Crippen molar-refractivity contribution in [1.82, 2.24) is 0 Å². The lowest BCUT2D eigenvalue weighted by atomic mass is 9.81. The minimum absolute atomic E-state index is 0.0603. The zero-order chi connectivity index (χ0) is 30.7. The highest BCUT2D eigenvalue weighted by atomic mass is 16.3. The number of hydrogen-bond acceptors (Lipinski definition) is 2. The van der Waals surface area contributed by atoms with Gasteiger partial charge in [0.25, 0.3) is 0 Å². The Kier molecular flexibility index (Phi) is 5.02. The van der Waals surface area contributed by atoms with Crippen molar-refractivity contribution in [2.24, 2.45) is 0 Å². The first-order valence-corrected chi connectivity index (χ1v) is 16.0. The Morgan fingerprint density at radius 2 is 0.848 bits per heavy atom. The molecule has 10 aromatic rings. The fraction of sp³-hybridized carbons (Fsp3) is 0.0909. The number of hydrogen-bond donors (Lipinski definition) is 0. The van der Waals surface area contributed by atoms with Crippen LogP contribution in [0, 0.1) is 0 Å². The zero-order valence-corrected chi connectivity index (χ0v) is 25.9. The van der Waals surface area contributed by atoms with Gasteiger partial charge in [0.2, 0.25) is 0 Å². The van der Waals surface area contributed by atoms with Gasteiger partial charge < -0.3 is 8.83 Å². The summed E-state index contributed by atoms with van der Waals surface area (Å²) in [5.74, 6) is 0. The van der Waals surface area contributed by atoms with Crippen molar-refractivity contribution in [2.75, 3.05) is 0 Å². The van der Waals surface area contributed by atoms with E-state index in [9.17, 15) is 0 Å². The molecule has 0 saturated carbocycles. The molecule has 0 saturated heterocycles. The van der Waals surface area contributed by atoms with Crippen molar-refractivity contribution in [2.45, 2.75) is 26.2 Å². The van der Waals surface area contributed by atoms with E-state index >= 15 is 0 Å². The largest absolute Gasteiger partial charge is 0.456 e. The first-order valence-electron chi connectivity index (χ1n) is 16.0. The highest BCUT2D eigenvalue weighted by Gasteiger charge is 2.21. The summed E-state index contributed by atoms with van der Waals surface area (Å²) in [4.78, 5) is 0. The van der Waals surface area contributed by atoms with E-state index in [-0.39, 0.29) is 5.41 Å². The van der Waals surface area contributed by atoms with E-state index in [2.05, 4.69) is 124 Å². The van der Waals surface area contributed by atoms with Gasteiger partial charge in [-0.15, -0.1) is 0 Å². The normalized spacial score (nSPS) is 12.7. The topological polar surface area (TPSA) is 26.3 Å². The molecule has 0 spiro atoms. The van der Waals surface area contributed by atoms with Crippen molar-refractivity contribution in [1.29, 1.82) is 0 Å². The summed E-state index contributed by atoms with van der Waals surface area (Å²) in [5.41, 5.74) is 9.74. The summed E-state index contributed by atoms with van der Waals surface area (Å²) in [7, 11) is 0. The second-order valence-electron chi connectivity index (χ2n) is 13.7. The molecule has 0 fully saturated rings. The van der Waals surface area contributed by atoms with E-state index in [1.165, 1.54) is 49.0 Å². The second-order valence-corrected chi connectivity index (χ2v) is 13.7. The highest BCUT2D eigenvalue weighted by molar-refractivity contribution is 6.28. The summed E-state index contributed by atoms with van der Waals surface area (Å²) >= 11 is 0. The number of furan rings is 2. The molecule has 0 aliphatic rings. The Hall–Kier alpha value is -5.60. The van der Waals surface area contributed by atoms with Gasteiger partial charge in [0.05, 0.1) is 0 Å². The molecule has 0 aliphatic carbocycles. The molecule has 2 aromatic heterocycles. The summed E-state index contributed by atoms with van der Waals surface area (Å²) in [5, 5.41) is 12.3. The molecule has 0 bridgehead atoms. The Balaban J connectivity index is 1.30. The lowest BCUT2D eigenvalue weighted by Gasteiger charge is -2.23. The van der Waals surface area contributed by atoms with Crippen LogP contribution in [0.15, 0.2) is 136 Å². The van der Waals surface area contributed by atoms with Gasteiger partial charge in [0.1, 0.15) is 22.3 Å².